The molecule has 1 aliphatic carbocycles. The summed E-state index contributed by atoms with van der Waals surface area (Å²) in [6.07, 6.45) is 7.79. The Kier molecular flexibility index (Phi) is 5.40. The quantitative estimate of drug-likeness (QED) is 0.670. The van der Waals surface area contributed by atoms with Crippen LogP contribution in [0.1, 0.15) is 31.4 Å². The molecule has 3 heterocycles. The van der Waals surface area contributed by atoms with Crippen molar-refractivity contribution in [3.8, 4) is 5.75 Å². The second kappa shape index (κ2) is 8.47. The minimum atomic E-state index is 0.189. The number of hydrogen-bond acceptors (Lipinski definition) is 7. The van der Waals surface area contributed by atoms with Crippen molar-refractivity contribution in [1.82, 2.24) is 20.2 Å². The van der Waals surface area contributed by atoms with E-state index >= 15 is 0 Å². The zero-order chi connectivity index (χ0) is 20.3. The Morgan fingerprint density at radius 3 is 2.63 bits per heavy atom. The van der Waals surface area contributed by atoms with E-state index in [4.69, 9.17) is 9.47 Å². The molecule has 2 N–H and O–H groups in total. The van der Waals surface area contributed by atoms with E-state index < -0.39 is 0 Å². The normalized spacial score (nSPS) is 22.2. The molecule has 8 heteroatoms. The van der Waals surface area contributed by atoms with Crippen LogP contribution in [0.15, 0.2) is 30.6 Å². The first kappa shape index (κ1) is 19.1. The maximum Gasteiger partial charge on any atom is 0.149 e. The molecule has 3 aromatic rings. The van der Waals surface area contributed by atoms with E-state index in [0.717, 1.165) is 86.0 Å². The fourth-order valence-corrected chi connectivity index (χ4v) is 4.33. The summed E-state index contributed by atoms with van der Waals surface area (Å²) >= 11 is 0. The number of aromatic nitrogens is 4. The number of anilines is 2. The van der Waals surface area contributed by atoms with E-state index in [0.29, 0.717) is 6.04 Å². The van der Waals surface area contributed by atoms with Crippen LogP contribution in [0.5, 0.6) is 5.75 Å². The number of hydrogen-bond donors (Lipinski definition) is 2. The second-order valence-electron chi connectivity index (χ2n) is 8.14. The Hall–Kier alpha value is -2.87. The van der Waals surface area contributed by atoms with E-state index in [1.807, 2.05) is 13.0 Å². The molecule has 1 saturated carbocycles. The second-order valence-corrected chi connectivity index (χ2v) is 8.14. The predicted octanol–water partition coefficient (Wildman–Crippen LogP) is 3.30. The lowest BCUT2D eigenvalue weighted by molar-refractivity contribution is 0.122. The van der Waals surface area contributed by atoms with Crippen LogP contribution in [-0.2, 0) is 4.74 Å². The third kappa shape index (κ3) is 4.18. The van der Waals surface area contributed by atoms with E-state index in [1.165, 1.54) is 0 Å². The smallest absolute Gasteiger partial charge is 0.149 e. The van der Waals surface area contributed by atoms with Crippen LogP contribution in [0.25, 0.3) is 11.0 Å². The van der Waals surface area contributed by atoms with Gasteiger partial charge < -0.3 is 19.7 Å². The summed E-state index contributed by atoms with van der Waals surface area (Å²) in [5, 5.41) is 10.8. The van der Waals surface area contributed by atoms with E-state index in [2.05, 4.69) is 42.5 Å². The summed E-state index contributed by atoms with van der Waals surface area (Å²) in [4.78, 5) is 11.4. The Balaban J connectivity index is 1.29. The molecule has 2 fully saturated rings. The number of benzene rings is 1. The standard InChI is InChI=1S/C22H28N6O2/c1-15-12-21(27-26-15)25-16-2-4-18(5-3-16)30-20-14-17(28-8-10-29-11-9-28)13-19-22(20)24-7-6-23-19/h6-7,12-14,16,18H,2-5,8-11H2,1H3,(H2,25,26,27). The summed E-state index contributed by atoms with van der Waals surface area (Å²) in [5.74, 6) is 1.76. The van der Waals surface area contributed by atoms with Crippen LogP contribution in [0, 0.1) is 6.92 Å². The van der Waals surface area contributed by atoms with Gasteiger partial charge in [-0.05, 0) is 38.7 Å². The molecule has 0 radical (unpaired) electrons. The van der Waals surface area contributed by atoms with Crippen molar-refractivity contribution < 1.29 is 9.47 Å². The summed E-state index contributed by atoms with van der Waals surface area (Å²) < 4.78 is 12.0. The number of ether oxygens (including phenoxy) is 2. The number of aromatic amines is 1. The topological polar surface area (TPSA) is 88.2 Å². The summed E-state index contributed by atoms with van der Waals surface area (Å²) in [7, 11) is 0. The van der Waals surface area contributed by atoms with Gasteiger partial charge in [0.05, 0.1) is 24.8 Å². The third-order valence-corrected chi connectivity index (χ3v) is 5.93. The molecule has 30 heavy (non-hydrogen) atoms. The average molecular weight is 409 g/mol. The predicted molar refractivity (Wildman–Crippen MR) is 116 cm³/mol. The summed E-state index contributed by atoms with van der Waals surface area (Å²) in [6.45, 7) is 5.28. The fraction of sp³-hybridized carbons (Fsp3) is 0.500. The van der Waals surface area contributed by atoms with E-state index in [1.54, 1.807) is 12.4 Å². The lowest BCUT2D eigenvalue weighted by atomic mass is 9.93. The molecule has 0 amide bonds. The molecule has 1 aliphatic heterocycles. The van der Waals surface area contributed by atoms with Crippen LogP contribution in [0.4, 0.5) is 11.5 Å². The number of H-pyrrole nitrogens is 1. The molecule has 0 bridgehead atoms. The van der Waals surface area contributed by atoms with Crippen molar-refractivity contribution in [2.24, 2.45) is 0 Å². The van der Waals surface area contributed by atoms with E-state index in [-0.39, 0.29) is 6.10 Å². The maximum absolute atomic E-state index is 6.49. The molecule has 5 rings (SSSR count). The third-order valence-electron chi connectivity index (χ3n) is 5.93. The van der Waals surface area contributed by atoms with Gasteiger partial charge in [0.1, 0.15) is 17.1 Å². The first-order valence-corrected chi connectivity index (χ1v) is 10.8. The van der Waals surface area contributed by atoms with E-state index in [9.17, 15) is 0 Å². The highest BCUT2D eigenvalue weighted by Crippen LogP contribution is 2.33. The first-order chi connectivity index (χ1) is 14.7. The highest BCUT2D eigenvalue weighted by atomic mass is 16.5. The maximum atomic E-state index is 6.49. The van der Waals surface area contributed by atoms with Gasteiger partial charge >= 0.3 is 0 Å². The summed E-state index contributed by atoms with van der Waals surface area (Å²) in [5.41, 5.74) is 3.91. The minimum absolute atomic E-state index is 0.189. The number of fused-ring (bicyclic) bond motifs is 1. The van der Waals surface area contributed by atoms with Gasteiger partial charge in [-0.25, -0.2) is 4.98 Å². The molecular formula is C22H28N6O2. The van der Waals surface area contributed by atoms with Gasteiger partial charge in [-0.1, -0.05) is 0 Å². The van der Waals surface area contributed by atoms with Crippen molar-refractivity contribution in [2.75, 3.05) is 36.5 Å². The monoisotopic (exact) mass is 408 g/mol. The highest BCUT2D eigenvalue weighted by Gasteiger charge is 2.24. The average Bonchev–Trinajstić information content (AvgIpc) is 3.20. The largest absolute Gasteiger partial charge is 0.488 e. The molecule has 158 valence electrons. The SMILES string of the molecule is Cc1cc(NC2CCC(Oc3cc(N4CCOCC4)cc4nccnc34)CC2)n[nH]1. The van der Waals surface area contributed by atoms with Crippen molar-refractivity contribution in [3.05, 3.63) is 36.3 Å². The van der Waals surface area contributed by atoms with Crippen LogP contribution >= 0.6 is 0 Å². The molecule has 0 spiro atoms. The Bertz CT molecular complexity index is 992. The Morgan fingerprint density at radius 1 is 1.07 bits per heavy atom. The molecule has 2 aromatic heterocycles. The molecule has 1 aromatic carbocycles. The molecular weight excluding hydrogens is 380 g/mol. The molecule has 2 aliphatic rings. The van der Waals surface area contributed by atoms with Crippen molar-refractivity contribution in [1.29, 1.82) is 0 Å². The van der Waals surface area contributed by atoms with Crippen LogP contribution < -0.4 is 15.0 Å². The van der Waals surface area contributed by atoms with Crippen molar-refractivity contribution >= 4 is 22.5 Å². The minimum Gasteiger partial charge on any atom is -0.488 e. The lowest BCUT2D eigenvalue weighted by Gasteiger charge is -2.31. The lowest BCUT2D eigenvalue weighted by Crippen LogP contribution is -2.36. The van der Waals surface area contributed by atoms with Gasteiger partial charge in [-0.2, -0.15) is 5.10 Å². The van der Waals surface area contributed by atoms with Gasteiger partial charge in [0.15, 0.2) is 0 Å². The zero-order valence-electron chi connectivity index (χ0n) is 17.3. The van der Waals surface area contributed by atoms with Gasteiger partial charge in [0, 0.05) is 55.0 Å². The molecule has 1 saturated heterocycles. The number of rotatable bonds is 5. The van der Waals surface area contributed by atoms with Crippen LogP contribution in [-0.4, -0.2) is 58.6 Å². The number of morpholine rings is 1. The Morgan fingerprint density at radius 2 is 1.87 bits per heavy atom. The summed E-state index contributed by atoms with van der Waals surface area (Å²) in [6, 6.07) is 6.71. The molecule has 0 unspecified atom stereocenters. The van der Waals surface area contributed by atoms with Crippen LogP contribution in [0.3, 0.4) is 0 Å². The number of nitrogens with zero attached hydrogens (tertiary/aromatic N) is 4. The number of aryl methyl sites for hydroxylation is 1. The highest BCUT2D eigenvalue weighted by molar-refractivity contribution is 5.85. The van der Waals surface area contributed by atoms with Gasteiger partial charge in [-0.3, -0.25) is 10.1 Å². The van der Waals surface area contributed by atoms with Crippen LogP contribution in [0.2, 0.25) is 0 Å². The van der Waals surface area contributed by atoms with Gasteiger partial charge in [-0.15, -0.1) is 0 Å². The van der Waals surface area contributed by atoms with Crippen molar-refractivity contribution in [3.63, 3.8) is 0 Å². The Labute approximate surface area is 176 Å². The fourth-order valence-electron chi connectivity index (χ4n) is 4.33. The first-order valence-electron chi connectivity index (χ1n) is 10.8. The van der Waals surface area contributed by atoms with Crippen molar-refractivity contribution in [2.45, 2.75) is 44.8 Å². The van der Waals surface area contributed by atoms with Gasteiger partial charge in [0.2, 0.25) is 0 Å². The van der Waals surface area contributed by atoms with Gasteiger partial charge in [0.25, 0.3) is 0 Å². The molecule has 0 atom stereocenters. The number of nitrogens with one attached hydrogen (secondary N) is 2. The molecule has 8 nitrogen and oxygen atoms in total. The zero-order valence-corrected chi connectivity index (χ0v) is 17.3.